The highest BCUT2D eigenvalue weighted by Crippen LogP contribution is 2.14. The molecule has 4 heteroatoms. The fourth-order valence-corrected chi connectivity index (χ4v) is 5.05. The van der Waals surface area contributed by atoms with Gasteiger partial charge >= 0.3 is 5.97 Å². The number of unbranched alkanes of at least 4 members (excludes halogenated alkanes) is 21. The number of aliphatic hydroxyl groups is 1. The van der Waals surface area contributed by atoms with Gasteiger partial charge in [0, 0.05) is 13.0 Å². The third-order valence-electron chi connectivity index (χ3n) is 7.78. The van der Waals surface area contributed by atoms with Crippen molar-refractivity contribution < 1.29 is 19.4 Å². The van der Waals surface area contributed by atoms with Crippen molar-refractivity contribution >= 4 is 5.97 Å². The second-order valence-electron chi connectivity index (χ2n) is 11.9. The predicted molar refractivity (Wildman–Crippen MR) is 177 cm³/mol. The number of hydrogen-bond donors (Lipinski definition) is 1. The Labute approximate surface area is 256 Å². The maximum absolute atomic E-state index is 12.1. The van der Waals surface area contributed by atoms with Gasteiger partial charge in [-0.2, -0.15) is 0 Å². The number of carbonyl (C=O) groups excluding carboxylic acids is 1. The third-order valence-corrected chi connectivity index (χ3v) is 7.78. The van der Waals surface area contributed by atoms with Crippen molar-refractivity contribution in [2.45, 2.75) is 187 Å². The molecule has 0 fully saturated rings. The van der Waals surface area contributed by atoms with E-state index in [1.807, 2.05) is 0 Å². The molecular weight excluding hydrogens is 508 g/mol. The van der Waals surface area contributed by atoms with Gasteiger partial charge in [0.05, 0.1) is 13.2 Å². The lowest BCUT2D eigenvalue weighted by Crippen LogP contribution is -2.27. The molecule has 0 spiro atoms. The Kier molecular flexibility index (Phi) is 34.1. The molecule has 0 saturated carbocycles. The molecule has 0 aromatic carbocycles. The minimum atomic E-state index is -0.535. The zero-order valence-electron chi connectivity index (χ0n) is 27.6. The molecule has 242 valence electrons. The zero-order valence-corrected chi connectivity index (χ0v) is 27.6. The van der Waals surface area contributed by atoms with Crippen LogP contribution in [0, 0.1) is 0 Å². The zero-order chi connectivity index (χ0) is 29.9. The molecule has 0 aliphatic heterocycles. The summed E-state index contributed by atoms with van der Waals surface area (Å²) in [6.07, 6.45) is 40.7. The quantitative estimate of drug-likeness (QED) is 0.0478. The van der Waals surface area contributed by atoms with Crippen LogP contribution in [-0.4, -0.2) is 37.0 Å². The minimum Gasteiger partial charge on any atom is -0.457 e. The van der Waals surface area contributed by atoms with Crippen LogP contribution in [0.15, 0.2) is 24.3 Å². The Morgan fingerprint density at radius 3 is 1.59 bits per heavy atom. The summed E-state index contributed by atoms with van der Waals surface area (Å²) in [5.41, 5.74) is 0. The number of allylic oxidation sites excluding steroid dienone is 4. The summed E-state index contributed by atoms with van der Waals surface area (Å²) in [7, 11) is 0. The highest BCUT2D eigenvalue weighted by molar-refractivity contribution is 5.69. The summed E-state index contributed by atoms with van der Waals surface area (Å²) in [4.78, 5) is 12.1. The SMILES string of the molecule is CCCC/C=C\C/C=C\CCCCCCCC(=O)OC(CO)COCCCCCCCCCCCCCCCCC. The van der Waals surface area contributed by atoms with E-state index >= 15 is 0 Å². The topological polar surface area (TPSA) is 55.8 Å². The fourth-order valence-electron chi connectivity index (χ4n) is 5.05. The first kappa shape index (κ1) is 39.9. The highest BCUT2D eigenvalue weighted by atomic mass is 16.6. The van der Waals surface area contributed by atoms with Gasteiger partial charge in [-0.1, -0.05) is 160 Å². The van der Waals surface area contributed by atoms with E-state index < -0.39 is 6.10 Å². The second-order valence-corrected chi connectivity index (χ2v) is 11.9. The van der Waals surface area contributed by atoms with E-state index in [2.05, 4.69) is 38.2 Å². The van der Waals surface area contributed by atoms with E-state index in [0.29, 0.717) is 19.6 Å². The first-order valence-corrected chi connectivity index (χ1v) is 17.9. The maximum Gasteiger partial charge on any atom is 0.306 e. The lowest BCUT2D eigenvalue weighted by atomic mass is 10.0. The molecule has 4 nitrogen and oxygen atoms in total. The fraction of sp³-hybridized carbons (Fsp3) is 0.865. The lowest BCUT2D eigenvalue weighted by molar-refractivity contribution is -0.154. The van der Waals surface area contributed by atoms with Crippen LogP contribution in [0.2, 0.25) is 0 Å². The smallest absolute Gasteiger partial charge is 0.306 e. The van der Waals surface area contributed by atoms with Gasteiger partial charge in [-0.25, -0.2) is 0 Å². The first-order chi connectivity index (χ1) is 20.2. The third kappa shape index (κ3) is 33.2. The highest BCUT2D eigenvalue weighted by Gasteiger charge is 2.13. The number of hydrogen-bond acceptors (Lipinski definition) is 4. The van der Waals surface area contributed by atoms with Gasteiger partial charge in [0.2, 0.25) is 0 Å². The number of rotatable bonds is 33. The van der Waals surface area contributed by atoms with E-state index in [-0.39, 0.29) is 12.6 Å². The monoisotopic (exact) mass is 579 g/mol. The molecule has 0 bridgehead atoms. The van der Waals surface area contributed by atoms with Crippen LogP contribution in [0.25, 0.3) is 0 Å². The normalized spacial score (nSPS) is 12.6. The molecule has 1 unspecified atom stereocenters. The van der Waals surface area contributed by atoms with Crippen LogP contribution in [0.5, 0.6) is 0 Å². The first-order valence-electron chi connectivity index (χ1n) is 17.9. The lowest BCUT2D eigenvalue weighted by Gasteiger charge is -2.15. The summed E-state index contributed by atoms with van der Waals surface area (Å²) in [6, 6.07) is 0. The predicted octanol–water partition coefficient (Wildman–Crippen LogP) is 11.2. The van der Waals surface area contributed by atoms with Crippen LogP contribution in [0.1, 0.15) is 181 Å². The molecule has 0 heterocycles. The van der Waals surface area contributed by atoms with E-state index in [0.717, 1.165) is 38.5 Å². The van der Waals surface area contributed by atoms with Gasteiger partial charge in [-0.3, -0.25) is 4.79 Å². The largest absolute Gasteiger partial charge is 0.457 e. The average Bonchev–Trinajstić information content (AvgIpc) is 2.98. The van der Waals surface area contributed by atoms with Gasteiger partial charge in [0.1, 0.15) is 6.10 Å². The average molecular weight is 579 g/mol. The molecule has 0 aliphatic carbocycles. The number of esters is 1. The standard InChI is InChI=1S/C37H70O4/c1-3-5-7-9-11-13-15-17-19-21-23-25-27-29-31-33-40-35-36(34-38)41-37(39)32-30-28-26-24-22-20-18-16-14-12-10-8-6-4-2/h10,12,16,18,36,38H,3-9,11,13-15,17,19-35H2,1-2H3/b12-10-,18-16-. The molecule has 1 atom stereocenters. The van der Waals surface area contributed by atoms with Crippen LogP contribution < -0.4 is 0 Å². The Hall–Kier alpha value is -1.13. The number of ether oxygens (including phenoxy) is 2. The van der Waals surface area contributed by atoms with Gasteiger partial charge in [0.25, 0.3) is 0 Å². The molecule has 0 aliphatic rings. The van der Waals surface area contributed by atoms with Crippen molar-refractivity contribution in [3.63, 3.8) is 0 Å². The van der Waals surface area contributed by atoms with E-state index in [9.17, 15) is 9.90 Å². The summed E-state index contributed by atoms with van der Waals surface area (Å²) >= 11 is 0. The Morgan fingerprint density at radius 2 is 1.05 bits per heavy atom. The van der Waals surface area contributed by atoms with Crippen LogP contribution in [0.4, 0.5) is 0 Å². The van der Waals surface area contributed by atoms with Crippen molar-refractivity contribution in [1.29, 1.82) is 0 Å². The second kappa shape index (κ2) is 35.1. The molecule has 0 aromatic heterocycles. The Balaban J connectivity index is 3.44. The molecule has 0 amide bonds. The number of aliphatic hydroxyl groups excluding tert-OH is 1. The minimum absolute atomic E-state index is 0.174. The van der Waals surface area contributed by atoms with Gasteiger partial charge in [-0.05, 0) is 38.5 Å². The Morgan fingerprint density at radius 1 is 0.585 bits per heavy atom. The molecule has 0 radical (unpaired) electrons. The van der Waals surface area contributed by atoms with Gasteiger partial charge in [0.15, 0.2) is 0 Å². The van der Waals surface area contributed by atoms with Crippen molar-refractivity contribution in [1.82, 2.24) is 0 Å². The van der Waals surface area contributed by atoms with E-state index in [4.69, 9.17) is 9.47 Å². The van der Waals surface area contributed by atoms with Crippen LogP contribution in [0.3, 0.4) is 0 Å². The van der Waals surface area contributed by atoms with Crippen LogP contribution >= 0.6 is 0 Å². The molecular formula is C37H70O4. The molecule has 41 heavy (non-hydrogen) atoms. The summed E-state index contributed by atoms with van der Waals surface area (Å²) in [6.45, 7) is 5.31. The maximum atomic E-state index is 12.1. The Bertz CT molecular complexity index is 571. The summed E-state index contributed by atoms with van der Waals surface area (Å²) < 4.78 is 11.1. The van der Waals surface area contributed by atoms with Crippen molar-refractivity contribution in [2.75, 3.05) is 19.8 Å². The van der Waals surface area contributed by atoms with Gasteiger partial charge in [-0.15, -0.1) is 0 Å². The molecule has 0 aromatic rings. The van der Waals surface area contributed by atoms with Crippen molar-refractivity contribution in [3.05, 3.63) is 24.3 Å². The molecule has 1 N–H and O–H groups in total. The van der Waals surface area contributed by atoms with E-state index in [1.54, 1.807) is 0 Å². The van der Waals surface area contributed by atoms with Crippen LogP contribution in [-0.2, 0) is 14.3 Å². The molecule has 0 saturated heterocycles. The summed E-state index contributed by atoms with van der Waals surface area (Å²) in [5, 5.41) is 9.54. The van der Waals surface area contributed by atoms with Gasteiger partial charge < -0.3 is 14.6 Å². The van der Waals surface area contributed by atoms with E-state index in [1.165, 1.54) is 122 Å². The number of carbonyl (C=O) groups is 1. The van der Waals surface area contributed by atoms with Crippen molar-refractivity contribution in [3.8, 4) is 0 Å². The molecule has 0 rings (SSSR count). The van der Waals surface area contributed by atoms with Crippen molar-refractivity contribution in [2.24, 2.45) is 0 Å². The summed E-state index contributed by atoms with van der Waals surface area (Å²) in [5.74, 6) is -0.213.